The number of hydrogen-bond donors (Lipinski definition) is 8. The standard InChI is InChI=1S/C26H38O25/c1-39-15-7(31)12(36)20(49-23(15)41-3-27)46-17-9(33)14(38)22(51-25(17)43-5-29)47-18-10(34)13(37)21(50-26(18)44-6-30)45-16-8(32)11(35)19(40-2)48-24(16)42-4-28/h3-26,31-38H,1-2H3/t7-,8?,9?,10-,11?,12?,13?,14?,15-,16-,17-,18-,19+,20+,21+,22+,23?,24?,25?,26?/m0/s1. The van der Waals surface area contributed by atoms with E-state index in [2.05, 4.69) is 0 Å². The summed E-state index contributed by atoms with van der Waals surface area (Å²) in [6.45, 7) is -0.488. The van der Waals surface area contributed by atoms with E-state index >= 15 is 0 Å². The molecule has 292 valence electrons. The molecule has 0 aromatic heterocycles. The number of carbonyl (C=O) groups excluding carboxylic acids is 4. The minimum absolute atomic E-state index is 0.0506. The van der Waals surface area contributed by atoms with E-state index in [0.29, 0.717) is 0 Å². The highest BCUT2D eigenvalue weighted by Crippen LogP contribution is 2.35. The lowest BCUT2D eigenvalue weighted by molar-refractivity contribution is -0.422. The van der Waals surface area contributed by atoms with E-state index in [1.54, 1.807) is 0 Å². The molecule has 0 bridgehead atoms. The Morgan fingerprint density at radius 3 is 0.882 bits per heavy atom. The van der Waals surface area contributed by atoms with Crippen LogP contribution in [0.1, 0.15) is 0 Å². The third kappa shape index (κ3) is 8.71. The molecule has 4 saturated heterocycles. The Hall–Kier alpha value is -2.80. The number of methoxy groups -OCH3 is 2. The minimum Gasteiger partial charge on any atom is -0.435 e. The van der Waals surface area contributed by atoms with Crippen molar-refractivity contribution in [3.8, 4) is 0 Å². The molecule has 0 aliphatic carbocycles. The maximum absolute atomic E-state index is 11.3. The van der Waals surface area contributed by atoms with Gasteiger partial charge in [-0.1, -0.05) is 0 Å². The van der Waals surface area contributed by atoms with Gasteiger partial charge in [-0.2, -0.15) is 0 Å². The van der Waals surface area contributed by atoms with Gasteiger partial charge in [0.2, 0.25) is 25.2 Å². The Morgan fingerprint density at radius 2 is 0.608 bits per heavy atom. The van der Waals surface area contributed by atoms with Crippen molar-refractivity contribution in [2.45, 2.75) is 124 Å². The molecule has 4 rings (SSSR count). The maximum atomic E-state index is 11.3. The molecule has 20 atom stereocenters. The van der Waals surface area contributed by atoms with Crippen molar-refractivity contribution < 1.29 is 122 Å². The fourth-order valence-electron chi connectivity index (χ4n) is 5.56. The van der Waals surface area contributed by atoms with Crippen molar-refractivity contribution in [3.63, 3.8) is 0 Å². The van der Waals surface area contributed by atoms with Crippen molar-refractivity contribution in [3.05, 3.63) is 0 Å². The van der Waals surface area contributed by atoms with Crippen LogP contribution in [-0.2, 0) is 80.8 Å². The van der Waals surface area contributed by atoms with Crippen molar-refractivity contribution in [2.24, 2.45) is 0 Å². The fourth-order valence-corrected chi connectivity index (χ4v) is 5.56. The summed E-state index contributed by atoms with van der Waals surface area (Å²) in [6, 6.07) is 0. The molecule has 0 radical (unpaired) electrons. The molecule has 10 unspecified atom stereocenters. The number of rotatable bonds is 16. The van der Waals surface area contributed by atoms with E-state index in [9.17, 15) is 60.0 Å². The molecule has 4 fully saturated rings. The second-order valence-corrected chi connectivity index (χ2v) is 11.1. The molecule has 4 heterocycles. The lowest BCUT2D eigenvalue weighted by Crippen LogP contribution is -2.67. The van der Waals surface area contributed by atoms with Gasteiger partial charge in [0.25, 0.3) is 25.9 Å². The topological polar surface area (TPSA) is 350 Å². The van der Waals surface area contributed by atoms with Gasteiger partial charge in [-0.15, -0.1) is 0 Å². The summed E-state index contributed by atoms with van der Waals surface area (Å²) < 4.78 is 66.6. The first-order valence-corrected chi connectivity index (χ1v) is 14.8. The predicted octanol–water partition coefficient (Wildman–Crippen LogP) is -7.89. The molecule has 4 aliphatic heterocycles. The Morgan fingerprint density at radius 1 is 0.353 bits per heavy atom. The van der Waals surface area contributed by atoms with Gasteiger partial charge in [0, 0.05) is 14.2 Å². The van der Waals surface area contributed by atoms with Gasteiger partial charge in [-0.25, -0.2) is 0 Å². The van der Waals surface area contributed by atoms with E-state index in [-0.39, 0.29) is 25.9 Å². The van der Waals surface area contributed by atoms with E-state index in [4.69, 9.17) is 61.6 Å². The summed E-state index contributed by atoms with van der Waals surface area (Å²) in [5, 5.41) is 85.5. The highest BCUT2D eigenvalue weighted by molar-refractivity contribution is 5.38. The molecular weight excluding hydrogens is 712 g/mol. The Kier molecular flexibility index (Phi) is 14.7. The fraction of sp³-hybridized carbons (Fsp3) is 0.846. The summed E-state index contributed by atoms with van der Waals surface area (Å²) >= 11 is 0. The van der Waals surface area contributed by atoms with Crippen LogP contribution in [0.4, 0.5) is 0 Å². The van der Waals surface area contributed by atoms with Crippen LogP contribution in [-0.4, -0.2) is 205 Å². The van der Waals surface area contributed by atoms with Crippen molar-refractivity contribution in [2.75, 3.05) is 14.2 Å². The molecular formula is C26H38O25. The number of hydrogen-bond acceptors (Lipinski definition) is 25. The molecule has 4 aliphatic rings. The van der Waals surface area contributed by atoms with Crippen LogP contribution in [0, 0.1) is 0 Å². The minimum atomic E-state index is -2.19. The number of aliphatic hydroxyl groups is 8. The van der Waals surface area contributed by atoms with Crippen LogP contribution in [0.5, 0.6) is 0 Å². The predicted molar refractivity (Wildman–Crippen MR) is 144 cm³/mol. The highest BCUT2D eigenvalue weighted by atomic mass is 16.8. The van der Waals surface area contributed by atoms with E-state index in [1.807, 2.05) is 0 Å². The van der Waals surface area contributed by atoms with E-state index in [1.165, 1.54) is 0 Å². The quantitative estimate of drug-likeness (QED) is 0.0536. The molecule has 0 amide bonds. The molecule has 0 saturated carbocycles. The molecule has 25 heteroatoms. The number of carbonyl (C=O) groups is 4. The molecule has 0 aromatic rings. The van der Waals surface area contributed by atoms with Gasteiger partial charge in [0.05, 0.1) is 0 Å². The largest absolute Gasteiger partial charge is 0.435 e. The van der Waals surface area contributed by atoms with Gasteiger partial charge >= 0.3 is 0 Å². The summed E-state index contributed by atoms with van der Waals surface area (Å²) in [5.41, 5.74) is 0. The van der Waals surface area contributed by atoms with E-state index < -0.39 is 124 Å². The van der Waals surface area contributed by atoms with Crippen molar-refractivity contribution in [1.82, 2.24) is 0 Å². The second kappa shape index (κ2) is 18.3. The smallest absolute Gasteiger partial charge is 0.295 e. The Balaban J connectivity index is 1.49. The number of aliphatic hydroxyl groups excluding tert-OH is 8. The Labute approximate surface area is 285 Å². The lowest BCUT2D eigenvalue weighted by Gasteiger charge is -2.48. The lowest BCUT2D eigenvalue weighted by atomic mass is 10.00. The summed E-state index contributed by atoms with van der Waals surface area (Å²) in [6.07, 6.45) is -38.3. The average Bonchev–Trinajstić information content (AvgIpc) is 3.11. The van der Waals surface area contributed by atoms with Gasteiger partial charge in [0.1, 0.15) is 54.9 Å². The van der Waals surface area contributed by atoms with Crippen LogP contribution in [0.25, 0.3) is 0 Å². The van der Waals surface area contributed by atoms with Crippen molar-refractivity contribution >= 4 is 25.9 Å². The molecule has 0 aromatic carbocycles. The highest BCUT2D eigenvalue weighted by Gasteiger charge is 2.57. The SMILES string of the molecule is CO[C@@H]1OC(OC=O)[C@@H](O[C@@H]2OC(OC=O)[C@@H](O[C@@H]3OC(OC=O)[C@@H](O[C@@H]4OC(OC=O)[C@@H](OC)[C@@H](O)C4O)C(O)C3O)[C@@H](O)C2O)C(O)C1O. The van der Waals surface area contributed by atoms with Crippen LogP contribution < -0.4 is 0 Å². The zero-order chi connectivity index (χ0) is 37.6. The molecule has 51 heavy (non-hydrogen) atoms. The zero-order valence-corrected chi connectivity index (χ0v) is 26.4. The van der Waals surface area contributed by atoms with Gasteiger partial charge in [0.15, 0.2) is 43.5 Å². The normalized spacial score (nSPS) is 47.4. The monoisotopic (exact) mass is 750 g/mol. The molecule has 0 spiro atoms. The zero-order valence-electron chi connectivity index (χ0n) is 26.4. The van der Waals surface area contributed by atoms with Crippen LogP contribution in [0.2, 0.25) is 0 Å². The van der Waals surface area contributed by atoms with Gasteiger partial charge in [-0.3, -0.25) is 19.2 Å². The van der Waals surface area contributed by atoms with Gasteiger partial charge in [-0.05, 0) is 0 Å². The summed E-state index contributed by atoms with van der Waals surface area (Å²) in [4.78, 5) is 44.6. The molecule has 25 nitrogen and oxygen atoms in total. The summed E-state index contributed by atoms with van der Waals surface area (Å²) in [7, 11) is 2.22. The summed E-state index contributed by atoms with van der Waals surface area (Å²) in [5.74, 6) is 0. The second-order valence-electron chi connectivity index (χ2n) is 11.1. The first-order valence-electron chi connectivity index (χ1n) is 14.8. The number of ether oxygens (including phenoxy) is 13. The third-order valence-electron chi connectivity index (χ3n) is 8.14. The van der Waals surface area contributed by atoms with Crippen molar-refractivity contribution in [1.29, 1.82) is 0 Å². The van der Waals surface area contributed by atoms with Crippen LogP contribution in [0.15, 0.2) is 0 Å². The first kappa shape index (κ1) is 41.0. The maximum Gasteiger partial charge on any atom is 0.295 e. The third-order valence-corrected chi connectivity index (χ3v) is 8.14. The average molecular weight is 751 g/mol. The first-order chi connectivity index (χ1) is 24.4. The van der Waals surface area contributed by atoms with Gasteiger partial charge < -0.3 is 102 Å². The van der Waals surface area contributed by atoms with Crippen LogP contribution in [0.3, 0.4) is 0 Å². The molecule has 8 N–H and O–H groups in total. The van der Waals surface area contributed by atoms with Crippen LogP contribution >= 0.6 is 0 Å². The van der Waals surface area contributed by atoms with E-state index in [0.717, 1.165) is 14.2 Å². The Bertz CT molecular complexity index is 1130.